The molecule has 0 aromatic heterocycles. The third kappa shape index (κ3) is 4.69. The van der Waals surface area contributed by atoms with Crippen LogP contribution in [0.2, 0.25) is 0 Å². The van der Waals surface area contributed by atoms with Gasteiger partial charge in [-0.1, -0.05) is 55.0 Å². The minimum absolute atomic E-state index is 0.0260. The Kier molecular flexibility index (Phi) is 6.13. The van der Waals surface area contributed by atoms with E-state index in [2.05, 4.69) is 5.32 Å². The van der Waals surface area contributed by atoms with Gasteiger partial charge in [-0.25, -0.2) is 0 Å². The molecule has 0 radical (unpaired) electrons. The van der Waals surface area contributed by atoms with Crippen LogP contribution in [0, 0.1) is 6.92 Å². The van der Waals surface area contributed by atoms with Crippen molar-refractivity contribution in [2.45, 2.75) is 33.7 Å². The highest BCUT2D eigenvalue weighted by atomic mass is 16.2. The average Bonchev–Trinajstić information content (AvgIpc) is 2.57. The van der Waals surface area contributed by atoms with Crippen LogP contribution in [0.15, 0.2) is 48.5 Å². The number of para-hydroxylation sites is 1. The maximum atomic E-state index is 12.3. The standard InChI is InChI=1S/C20H24N2O2/c1-4-18-10-5-6-11-19(18)22(16(3)23)14-20(24)21-13-17-9-7-8-15(2)12-17/h5-12H,4,13-14H2,1-3H3,(H,21,24). The molecule has 1 N–H and O–H groups in total. The van der Waals surface area contributed by atoms with Crippen LogP contribution in [0.1, 0.15) is 30.5 Å². The van der Waals surface area contributed by atoms with E-state index in [0.29, 0.717) is 6.54 Å². The molecule has 0 fully saturated rings. The monoisotopic (exact) mass is 324 g/mol. The van der Waals surface area contributed by atoms with Gasteiger partial charge in [0.15, 0.2) is 0 Å². The van der Waals surface area contributed by atoms with E-state index in [-0.39, 0.29) is 18.4 Å². The zero-order chi connectivity index (χ0) is 17.5. The van der Waals surface area contributed by atoms with Gasteiger partial charge >= 0.3 is 0 Å². The molecule has 4 nitrogen and oxygen atoms in total. The quantitative estimate of drug-likeness (QED) is 0.887. The maximum absolute atomic E-state index is 12.3. The summed E-state index contributed by atoms with van der Waals surface area (Å²) in [5, 5.41) is 2.89. The molecule has 0 saturated carbocycles. The first-order chi connectivity index (χ1) is 11.5. The first-order valence-corrected chi connectivity index (χ1v) is 8.19. The Morgan fingerprint density at radius 2 is 1.83 bits per heavy atom. The molecule has 0 aliphatic heterocycles. The summed E-state index contributed by atoms with van der Waals surface area (Å²) in [6, 6.07) is 15.7. The summed E-state index contributed by atoms with van der Waals surface area (Å²) in [7, 11) is 0. The van der Waals surface area contributed by atoms with Crippen LogP contribution in [0.5, 0.6) is 0 Å². The molecule has 126 valence electrons. The van der Waals surface area contributed by atoms with Gasteiger partial charge in [0.2, 0.25) is 11.8 Å². The van der Waals surface area contributed by atoms with Crippen LogP contribution in [-0.2, 0) is 22.6 Å². The SMILES string of the molecule is CCc1ccccc1N(CC(=O)NCc1cccc(C)c1)C(C)=O. The zero-order valence-electron chi connectivity index (χ0n) is 14.5. The Morgan fingerprint density at radius 1 is 1.08 bits per heavy atom. The lowest BCUT2D eigenvalue weighted by molar-refractivity contribution is -0.123. The summed E-state index contributed by atoms with van der Waals surface area (Å²) >= 11 is 0. The normalized spacial score (nSPS) is 10.3. The second-order valence-electron chi connectivity index (χ2n) is 5.85. The number of rotatable bonds is 6. The van der Waals surface area contributed by atoms with Gasteiger partial charge in [-0.15, -0.1) is 0 Å². The topological polar surface area (TPSA) is 49.4 Å². The Labute approximate surface area is 143 Å². The van der Waals surface area contributed by atoms with E-state index in [0.717, 1.165) is 28.8 Å². The number of carbonyl (C=O) groups is 2. The summed E-state index contributed by atoms with van der Waals surface area (Å²) in [4.78, 5) is 25.8. The number of hydrogen-bond acceptors (Lipinski definition) is 2. The largest absolute Gasteiger partial charge is 0.350 e. The second-order valence-corrected chi connectivity index (χ2v) is 5.85. The fourth-order valence-corrected chi connectivity index (χ4v) is 2.66. The number of hydrogen-bond donors (Lipinski definition) is 1. The minimum atomic E-state index is -0.169. The predicted molar refractivity (Wildman–Crippen MR) is 96.9 cm³/mol. The van der Waals surface area contributed by atoms with Gasteiger partial charge in [-0.3, -0.25) is 9.59 Å². The molecule has 2 aromatic rings. The van der Waals surface area contributed by atoms with E-state index in [1.165, 1.54) is 11.8 Å². The summed E-state index contributed by atoms with van der Waals surface area (Å²) in [5.41, 5.74) is 4.06. The molecule has 0 aliphatic carbocycles. The average molecular weight is 324 g/mol. The lowest BCUT2D eigenvalue weighted by Crippen LogP contribution is -2.40. The van der Waals surface area contributed by atoms with Crippen molar-refractivity contribution in [2.24, 2.45) is 0 Å². The molecule has 0 atom stereocenters. The van der Waals surface area contributed by atoms with E-state index in [9.17, 15) is 9.59 Å². The van der Waals surface area contributed by atoms with Crippen molar-refractivity contribution in [3.8, 4) is 0 Å². The highest BCUT2D eigenvalue weighted by Gasteiger charge is 2.17. The minimum Gasteiger partial charge on any atom is -0.350 e. The third-order valence-corrected chi connectivity index (χ3v) is 3.92. The molecule has 24 heavy (non-hydrogen) atoms. The van der Waals surface area contributed by atoms with Crippen LogP contribution in [-0.4, -0.2) is 18.4 Å². The van der Waals surface area contributed by atoms with Crippen molar-refractivity contribution in [3.05, 3.63) is 65.2 Å². The fourth-order valence-electron chi connectivity index (χ4n) is 2.66. The molecule has 0 saturated heterocycles. The number of amides is 2. The molecule has 0 aliphatic rings. The number of anilines is 1. The number of carbonyl (C=O) groups excluding carboxylic acids is 2. The second kappa shape index (κ2) is 8.29. The van der Waals surface area contributed by atoms with Crippen molar-refractivity contribution in [2.75, 3.05) is 11.4 Å². The predicted octanol–water partition coefficient (Wildman–Crippen LogP) is 3.23. The number of nitrogens with zero attached hydrogens (tertiary/aromatic N) is 1. The van der Waals surface area contributed by atoms with Crippen molar-refractivity contribution < 1.29 is 9.59 Å². The van der Waals surface area contributed by atoms with E-state index >= 15 is 0 Å². The molecule has 0 spiro atoms. The Hall–Kier alpha value is -2.62. The van der Waals surface area contributed by atoms with Crippen molar-refractivity contribution in [1.82, 2.24) is 5.32 Å². The third-order valence-electron chi connectivity index (χ3n) is 3.92. The summed E-state index contributed by atoms with van der Waals surface area (Å²) < 4.78 is 0. The van der Waals surface area contributed by atoms with Gasteiger partial charge < -0.3 is 10.2 Å². The number of benzene rings is 2. The molecule has 4 heteroatoms. The van der Waals surface area contributed by atoms with Gasteiger partial charge in [0.25, 0.3) is 0 Å². The van der Waals surface area contributed by atoms with E-state index in [4.69, 9.17) is 0 Å². The number of nitrogens with one attached hydrogen (secondary N) is 1. The van der Waals surface area contributed by atoms with Crippen LogP contribution in [0.25, 0.3) is 0 Å². The molecular formula is C20H24N2O2. The van der Waals surface area contributed by atoms with E-state index in [1.54, 1.807) is 0 Å². The van der Waals surface area contributed by atoms with Gasteiger partial charge in [-0.2, -0.15) is 0 Å². The highest BCUT2D eigenvalue weighted by molar-refractivity contribution is 5.98. The number of aryl methyl sites for hydroxylation is 2. The molecule has 0 bridgehead atoms. The summed E-state index contributed by atoms with van der Waals surface area (Å²) in [6.45, 7) is 6.03. The Balaban J connectivity index is 2.05. The molecule has 0 unspecified atom stereocenters. The van der Waals surface area contributed by atoms with Crippen molar-refractivity contribution >= 4 is 17.5 Å². The van der Waals surface area contributed by atoms with E-state index in [1.807, 2.05) is 62.4 Å². The summed E-state index contributed by atoms with van der Waals surface area (Å²) in [5.74, 6) is -0.306. The Morgan fingerprint density at radius 3 is 2.50 bits per heavy atom. The molecule has 0 heterocycles. The van der Waals surface area contributed by atoms with Crippen LogP contribution in [0.4, 0.5) is 5.69 Å². The van der Waals surface area contributed by atoms with Gasteiger partial charge in [0.05, 0.1) is 0 Å². The lowest BCUT2D eigenvalue weighted by Gasteiger charge is -2.23. The maximum Gasteiger partial charge on any atom is 0.240 e. The molecule has 2 amide bonds. The fraction of sp³-hybridized carbons (Fsp3) is 0.300. The Bertz CT molecular complexity index is 725. The first-order valence-electron chi connectivity index (χ1n) is 8.19. The van der Waals surface area contributed by atoms with Crippen LogP contribution < -0.4 is 10.2 Å². The zero-order valence-corrected chi connectivity index (χ0v) is 14.5. The molecule has 2 aromatic carbocycles. The first kappa shape index (κ1) is 17.7. The van der Waals surface area contributed by atoms with Crippen molar-refractivity contribution in [1.29, 1.82) is 0 Å². The summed E-state index contributed by atoms with van der Waals surface area (Å²) in [6.07, 6.45) is 0.810. The smallest absolute Gasteiger partial charge is 0.240 e. The van der Waals surface area contributed by atoms with Gasteiger partial charge in [-0.05, 0) is 30.5 Å². The van der Waals surface area contributed by atoms with Gasteiger partial charge in [0.1, 0.15) is 6.54 Å². The van der Waals surface area contributed by atoms with E-state index < -0.39 is 0 Å². The van der Waals surface area contributed by atoms with Gasteiger partial charge in [0, 0.05) is 19.2 Å². The lowest BCUT2D eigenvalue weighted by atomic mass is 10.1. The molecule has 2 rings (SSSR count). The van der Waals surface area contributed by atoms with Crippen molar-refractivity contribution in [3.63, 3.8) is 0 Å². The highest BCUT2D eigenvalue weighted by Crippen LogP contribution is 2.21. The molecular weight excluding hydrogens is 300 g/mol. The van der Waals surface area contributed by atoms with Crippen LogP contribution >= 0.6 is 0 Å². The van der Waals surface area contributed by atoms with Crippen LogP contribution in [0.3, 0.4) is 0 Å².